The zero-order chi connectivity index (χ0) is 13.3. The van der Waals surface area contributed by atoms with Gasteiger partial charge in [0.1, 0.15) is 17.3 Å². The molecule has 0 spiro atoms. The normalized spacial score (nSPS) is 12.7. The first kappa shape index (κ1) is 12.7. The van der Waals surface area contributed by atoms with Crippen LogP contribution in [0.2, 0.25) is 0 Å². The minimum Gasteiger partial charge on any atom is -0.464 e. The third kappa shape index (κ3) is 2.26. The molecule has 2 nitrogen and oxygen atoms in total. The lowest BCUT2D eigenvalue weighted by molar-refractivity contribution is 0.442. The maximum atomic E-state index is 13.5. The molecular formula is C13H12F3NO. The van der Waals surface area contributed by atoms with E-state index in [1.54, 1.807) is 12.1 Å². The average Bonchev–Trinajstić information content (AvgIpc) is 2.81. The second kappa shape index (κ2) is 4.86. The summed E-state index contributed by atoms with van der Waals surface area (Å²) in [5.74, 6) is -2.25. The molecule has 0 bridgehead atoms. The van der Waals surface area contributed by atoms with Gasteiger partial charge in [-0.05, 0) is 18.2 Å². The molecule has 0 amide bonds. The fourth-order valence-electron chi connectivity index (χ4n) is 1.68. The van der Waals surface area contributed by atoms with Gasteiger partial charge in [-0.2, -0.15) is 0 Å². The van der Waals surface area contributed by atoms with Crippen LogP contribution in [0, 0.1) is 17.5 Å². The quantitative estimate of drug-likeness (QED) is 0.854. The molecular weight excluding hydrogens is 243 g/mol. The van der Waals surface area contributed by atoms with Crippen LogP contribution < -0.4 is 5.73 Å². The van der Waals surface area contributed by atoms with E-state index in [0.29, 0.717) is 24.0 Å². The smallest absolute Gasteiger partial charge is 0.161 e. The number of hydrogen-bond acceptors (Lipinski definition) is 2. The molecule has 1 unspecified atom stereocenters. The Hall–Kier alpha value is -1.75. The van der Waals surface area contributed by atoms with Gasteiger partial charge in [-0.15, -0.1) is 0 Å². The summed E-state index contributed by atoms with van der Waals surface area (Å²) in [4.78, 5) is 0. The Morgan fingerprint density at radius 3 is 2.39 bits per heavy atom. The van der Waals surface area contributed by atoms with E-state index in [2.05, 4.69) is 0 Å². The van der Waals surface area contributed by atoms with Gasteiger partial charge in [0.15, 0.2) is 11.6 Å². The summed E-state index contributed by atoms with van der Waals surface area (Å²) in [7, 11) is 0. The maximum Gasteiger partial charge on any atom is 0.161 e. The molecule has 96 valence electrons. The molecule has 2 rings (SSSR count). The van der Waals surface area contributed by atoms with Gasteiger partial charge in [0, 0.05) is 18.1 Å². The van der Waals surface area contributed by atoms with Crippen LogP contribution in [-0.2, 0) is 6.42 Å². The van der Waals surface area contributed by atoms with Crippen LogP contribution >= 0.6 is 0 Å². The number of furan rings is 1. The second-order valence-corrected chi connectivity index (χ2v) is 3.92. The number of aryl methyl sites for hydroxylation is 1. The van der Waals surface area contributed by atoms with Crippen molar-refractivity contribution in [3.8, 4) is 0 Å². The van der Waals surface area contributed by atoms with Gasteiger partial charge >= 0.3 is 0 Å². The van der Waals surface area contributed by atoms with Crippen molar-refractivity contribution in [2.24, 2.45) is 5.73 Å². The molecule has 5 heteroatoms. The van der Waals surface area contributed by atoms with Crippen molar-refractivity contribution in [1.29, 1.82) is 0 Å². The number of halogens is 3. The number of hydrogen-bond donors (Lipinski definition) is 1. The van der Waals surface area contributed by atoms with Crippen LogP contribution in [0.25, 0.3) is 0 Å². The van der Waals surface area contributed by atoms with Crippen molar-refractivity contribution in [3.05, 3.63) is 58.8 Å². The lowest BCUT2D eigenvalue weighted by atomic mass is 10.0. The predicted molar refractivity (Wildman–Crippen MR) is 60.4 cm³/mol. The fraction of sp³-hybridized carbons (Fsp3) is 0.231. The van der Waals surface area contributed by atoms with Crippen LogP contribution in [0.4, 0.5) is 13.2 Å². The SMILES string of the molecule is CCc1ccc(C(N)c2cc(F)c(F)cc2F)o1. The lowest BCUT2D eigenvalue weighted by Crippen LogP contribution is -2.13. The van der Waals surface area contributed by atoms with Gasteiger partial charge in [-0.3, -0.25) is 0 Å². The van der Waals surface area contributed by atoms with Crippen molar-refractivity contribution in [1.82, 2.24) is 0 Å². The zero-order valence-corrected chi connectivity index (χ0v) is 9.71. The Morgan fingerprint density at radius 2 is 1.78 bits per heavy atom. The van der Waals surface area contributed by atoms with Crippen LogP contribution in [-0.4, -0.2) is 0 Å². The van der Waals surface area contributed by atoms with E-state index < -0.39 is 23.5 Å². The fourth-order valence-corrected chi connectivity index (χ4v) is 1.68. The van der Waals surface area contributed by atoms with E-state index >= 15 is 0 Å². The van der Waals surface area contributed by atoms with Crippen molar-refractivity contribution in [2.75, 3.05) is 0 Å². The van der Waals surface area contributed by atoms with E-state index in [1.807, 2.05) is 6.92 Å². The van der Waals surface area contributed by atoms with Gasteiger partial charge in [0.05, 0.1) is 6.04 Å². The molecule has 0 aliphatic rings. The number of rotatable bonds is 3. The molecule has 0 saturated heterocycles. The maximum absolute atomic E-state index is 13.5. The van der Waals surface area contributed by atoms with Crippen LogP contribution in [0.3, 0.4) is 0 Å². The Kier molecular flexibility index (Phi) is 3.43. The van der Waals surface area contributed by atoms with Gasteiger partial charge in [0.25, 0.3) is 0 Å². The second-order valence-electron chi connectivity index (χ2n) is 3.92. The molecule has 0 saturated carbocycles. The highest BCUT2D eigenvalue weighted by Crippen LogP contribution is 2.25. The first-order valence-corrected chi connectivity index (χ1v) is 5.51. The average molecular weight is 255 g/mol. The zero-order valence-electron chi connectivity index (χ0n) is 9.71. The monoisotopic (exact) mass is 255 g/mol. The van der Waals surface area contributed by atoms with Crippen molar-refractivity contribution >= 4 is 0 Å². The summed E-state index contributed by atoms with van der Waals surface area (Å²) in [5.41, 5.74) is 5.65. The van der Waals surface area contributed by atoms with Gasteiger partial charge in [-0.25, -0.2) is 13.2 Å². The Bertz CT molecular complexity index is 565. The highest BCUT2D eigenvalue weighted by molar-refractivity contribution is 5.29. The highest BCUT2D eigenvalue weighted by Gasteiger charge is 2.19. The first-order chi connectivity index (χ1) is 8.52. The molecule has 2 aromatic rings. The summed E-state index contributed by atoms with van der Waals surface area (Å²) in [6, 6.07) is 3.59. The molecule has 0 fully saturated rings. The topological polar surface area (TPSA) is 39.2 Å². The Morgan fingerprint density at radius 1 is 1.11 bits per heavy atom. The van der Waals surface area contributed by atoms with Crippen LogP contribution in [0.5, 0.6) is 0 Å². The third-order valence-corrected chi connectivity index (χ3v) is 2.71. The molecule has 18 heavy (non-hydrogen) atoms. The van der Waals surface area contributed by atoms with Crippen molar-refractivity contribution in [2.45, 2.75) is 19.4 Å². The summed E-state index contributed by atoms with van der Waals surface area (Å²) >= 11 is 0. The largest absolute Gasteiger partial charge is 0.464 e. The minimum atomic E-state index is -1.24. The predicted octanol–water partition coefficient (Wildman–Crippen LogP) is 3.31. The molecule has 1 aromatic heterocycles. The Balaban J connectivity index is 2.39. The molecule has 0 aliphatic heterocycles. The molecule has 1 aromatic carbocycles. The molecule has 0 aliphatic carbocycles. The van der Waals surface area contributed by atoms with Crippen LogP contribution in [0.1, 0.15) is 30.0 Å². The summed E-state index contributed by atoms with van der Waals surface area (Å²) < 4.78 is 44.8. The standard InChI is InChI=1S/C13H12F3NO/c1-2-7-3-4-12(18-7)13(17)8-5-10(15)11(16)6-9(8)14/h3-6,13H,2,17H2,1H3. The molecule has 1 atom stereocenters. The first-order valence-electron chi connectivity index (χ1n) is 5.51. The molecule has 2 N–H and O–H groups in total. The van der Waals surface area contributed by atoms with E-state index in [9.17, 15) is 13.2 Å². The minimum absolute atomic E-state index is 0.133. The van der Waals surface area contributed by atoms with Crippen LogP contribution in [0.15, 0.2) is 28.7 Å². The van der Waals surface area contributed by atoms with Gasteiger partial charge in [-0.1, -0.05) is 6.92 Å². The van der Waals surface area contributed by atoms with Gasteiger partial charge < -0.3 is 10.2 Å². The Labute approximate surface area is 102 Å². The van der Waals surface area contributed by atoms with Crippen molar-refractivity contribution < 1.29 is 17.6 Å². The summed E-state index contributed by atoms with van der Waals surface area (Å²) in [6.07, 6.45) is 0.674. The van der Waals surface area contributed by atoms with E-state index in [4.69, 9.17) is 10.2 Å². The van der Waals surface area contributed by atoms with E-state index in [0.717, 1.165) is 6.07 Å². The van der Waals surface area contributed by atoms with Gasteiger partial charge in [0.2, 0.25) is 0 Å². The number of benzene rings is 1. The highest BCUT2D eigenvalue weighted by atomic mass is 19.2. The lowest BCUT2D eigenvalue weighted by Gasteiger charge is -2.11. The van der Waals surface area contributed by atoms with E-state index in [1.165, 1.54) is 0 Å². The summed E-state index contributed by atoms with van der Waals surface area (Å²) in [5, 5.41) is 0. The molecule has 1 heterocycles. The molecule has 0 radical (unpaired) electrons. The third-order valence-electron chi connectivity index (χ3n) is 2.71. The number of nitrogens with two attached hydrogens (primary N) is 1. The van der Waals surface area contributed by atoms with Crippen molar-refractivity contribution in [3.63, 3.8) is 0 Å². The summed E-state index contributed by atoms with van der Waals surface area (Å²) in [6.45, 7) is 1.90. The van der Waals surface area contributed by atoms with E-state index in [-0.39, 0.29) is 5.56 Å².